The Bertz CT molecular complexity index is 414. The van der Waals surface area contributed by atoms with Crippen LogP contribution in [0.3, 0.4) is 0 Å². The molecule has 1 aromatic rings. The summed E-state index contributed by atoms with van der Waals surface area (Å²) in [6.07, 6.45) is 0. The largest absolute Gasteiger partial charge is 0.467 e. The van der Waals surface area contributed by atoms with Crippen LogP contribution >= 0.6 is 33.9 Å². The molecule has 0 radical (unpaired) electrons. The molecule has 1 rings (SSSR count). The Labute approximate surface area is 112 Å². The van der Waals surface area contributed by atoms with Gasteiger partial charge in [0.15, 0.2) is 0 Å². The smallest absolute Gasteiger partial charge is 0.330 e. The summed E-state index contributed by atoms with van der Waals surface area (Å²) in [7, 11) is 1.30. The number of amides is 1. The van der Waals surface area contributed by atoms with E-state index in [1.165, 1.54) is 18.4 Å². The van der Waals surface area contributed by atoms with Crippen molar-refractivity contribution in [2.75, 3.05) is 7.11 Å². The number of carbonyl (C=O) groups excluding carboxylic acids is 2. The van der Waals surface area contributed by atoms with E-state index in [2.05, 4.69) is 32.6 Å². The zero-order chi connectivity index (χ0) is 12.3. The summed E-state index contributed by atoms with van der Waals surface area (Å²) in [4.78, 5) is 23.1. The molecule has 6 heteroatoms. The predicted molar refractivity (Wildman–Crippen MR) is 70.6 cm³/mol. The van der Waals surface area contributed by atoms with Gasteiger partial charge in [-0.25, -0.2) is 4.79 Å². The van der Waals surface area contributed by atoms with Gasteiger partial charge in [-0.3, -0.25) is 4.79 Å². The number of carbonyl (C=O) groups is 2. The van der Waals surface area contributed by atoms with Crippen LogP contribution in [0.5, 0.6) is 0 Å². The van der Waals surface area contributed by atoms with Gasteiger partial charge in [-0.2, -0.15) is 0 Å². The van der Waals surface area contributed by atoms with Crippen molar-refractivity contribution >= 4 is 45.8 Å². The van der Waals surface area contributed by atoms with E-state index in [0.29, 0.717) is 5.56 Å². The first-order valence-electron chi connectivity index (χ1n) is 4.52. The van der Waals surface area contributed by atoms with Crippen molar-refractivity contribution in [2.24, 2.45) is 0 Å². The van der Waals surface area contributed by atoms with Crippen LogP contribution in [0.1, 0.15) is 24.2 Å². The van der Waals surface area contributed by atoms with Gasteiger partial charge in [0, 0.05) is 5.38 Å². The second-order valence-electron chi connectivity index (χ2n) is 3.71. The van der Waals surface area contributed by atoms with E-state index in [1.807, 2.05) is 0 Å². The highest BCUT2D eigenvalue weighted by Gasteiger charge is 2.30. The van der Waals surface area contributed by atoms with Crippen LogP contribution in [0.15, 0.2) is 11.4 Å². The molecule has 0 bridgehead atoms. The van der Waals surface area contributed by atoms with Gasteiger partial charge >= 0.3 is 5.97 Å². The normalized spacial score (nSPS) is 11.0. The van der Waals surface area contributed by atoms with Gasteiger partial charge in [-0.1, -0.05) is 0 Å². The van der Waals surface area contributed by atoms with E-state index in [4.69, 9.17) is 0 Å². The third-order valence-electron chi connectivity index (χ3n) is 1.95. The minimum absolute atomic E-state index is 0.269. The number of hydrogen-bond acceptors (Lipinski definition) is 4. The number of ether oxygens (including phenoxy) is 1. The number of esters is 1. The molecule has 4 nitrogen and oxygen atoms in total. The molecular formula is C10H12INO3S. The minimum atomic E-state index is -1.01. The molecule has 0 unspecified atom stereocenters. The number of nitrogens with one attached hydrogen (secondary N) is 1. The summed E-state index contributed by atoms with van der Waals surface area (Å²) in [6, 6.07) is 1.77. The number of hydrogen-bond donors (Lipinski definition) is 1. The molecule has 0 aliphatic heterocycles. The quantitative estimate of drug-likeness (QED) is 0.668. The van der Waals surface area contributed by atoms with Gasteiger partial charge in [0.2, 0.25) is 0 Å². The Morgan fingerprint density at radius 2 is 2.12 bits per heavy atom. The molecule has 0 aliphatic rings. The van der Waals surface area contributed by atoms with Crippen LogP contribution in [-0.2, 0) is 9.53 Å². The summed E-state index contributed by atoms with van der Waals surface area (Å²) in [5.74, 6) is -0.736. The predicted octanol–water partition coefficient (Wildman–Crippen LogP) is 2.03. The van der Waals surface area contributed by atoms with Crippen molar-refractivity contribution in [1.29, 1.82) is 0 Å². The average Bonchev–Trinajstić information content (AvgIpc) is 2.63. The second kappa shape index (κ2) is 5.13. The fraction of sp³-hybridized carbons (Fsp3) is 0.400. The van der Waals surface area contributed by atoms with Gasteiger partial charge in [-0.15, -0.1) is 11.3 Å². The first-order valence-corrected chi connectivity index (χ1v) is 6.47. The summed E-state index contributed by atoms with van der Waals surface area (Å²) in [5, 5.41) is 4.38. The zero-order valence-electron chi connectivity index (χ0n) is 9.17. The number of methoxy groups -OCH3 is 1. The molecule has 16 heavy (non-hydrogen) atoms. The monoisotopic (exact) mass is 353 g/mol. The summed E-state index contributed by atoms with van der Waals surface area (Å²) in [5.41, 5.74) is -0.453. The van der Waals surface area contributed by atoms with Crippen molar-refractivity contribution in [2.45, 2.75) is 19.4 Å². The average molecular weight is 353 g/mol. The third-order valence-corrected chi connectivity index (χ3v) is 3.74. The van der Waals surface area contributed by atoms with Crippen molar-refractivity contribution in [1.82, 2.24) is 5.32 Å². The third kappa shape index (κ3) is 3.18. The maximum Gasteiger partial charge on any atom is 0.330 e. The molecule has 0 saturated carbocycles. The number of thiophene rings is 1. The van der Waals surface area contributed by atoms with Gasteiger partial charge in [0.25, 0.3) is 5.91 Å². The molecule has 1 aromatic heterocycles. The lowest BCUT2D eigenvalue weighted by atomic mass is 10.1. The Morgan fingerprint density at radius 3 is 2.56 bits per heavy atom. The maximum atomic E-state index is 11.8. The molecular weight excluding hydrogens is 341 g/mol. The fourth-order valence-corrected chi connectivity index (χ4v) is 2.42. The highest BCUT2D eigenvalue weighted by atomic mass is 127. The summed E-state index contributed by atoms with van der Waals surface area (Å²) < 4.78 is 5.63. The van der Waals surface area contributed by atoms with Gasteiger partial charge in [0.05, 0.1) is 15.6 Å². The molecule has 88 valence electrons. The van der Waals surface area contributed by atoms with E-state index in [9.17, 15) is 9.59 Å². The molecule has 0 saturated heterocycles. The number of rotatable bonds is 3. The van der Waals surface area contributed by atoms with Crippen molar-refractivity contribution in [3.8, 4) is 0 Å². The number of halogens is 1. The van der Waals surface area contributed by atoms with E-state index in [0.717, 1.165) is 2.88 Å². The van der Waals surface area contributed by atoms with E-state index >= 15 is 0 Å². The molecule has 1 amide bonds. The lowest BCUT2D eigenvalue weighted by Gasteiger charge is -2.22. The van der Waals surface area contributed by atoms with E-state index in [1.54, 1.807) is 25.3 Å². The zero-order valence-corrected chi connectivity index (χ0v) is 12.1. The van der Waals surface area contributed by atoms with Crippen molar-refractivity contribution < 1.29 is 14.3 Å². The Balaban J connectivity index is 2.75. The Kier molecular flexibility index (Phi) is 4.31. The highest BCUT2D eigenvalue weighted by molar-refractivity contribution is 14.1. The molecule has 0 aliphatic carbocycles. The summed E-state index contributed by atoms with van der Waals surface area (Å²) >= 11 is 3.62. The Hall–Kier alpha value is -0.630. The van der Waals surface area contributed by atoms with Crippen LogP contribution in [-0.4, -0.2) is 24.5 Å². The summed E-state index contributed by atoms with van der Waals surface area (Å²) in [6.45, 7) is 3.21. The Morgan fingerprint density at radius 1 is 1.50 bits per heavy atom. The lowest BCUT2D eigenvalue weighted by molar-refractivity contribution is -0.146. The first kappa shape index (κ1) is 13.4. The maximum absolute atomic E-state index is 11.8. The van der Waals surface area contributed by atoms with Gasteiger partial charge < -0.3 is 10.1 Å². The molecule has 0 atom stereocenters. The second-order valence-corrected chi connectivity index (χ2v) is 6.52. The van der Waals surface area contributed by atoms with Gasteiger partial charge in [-0.05, 0) is 42.5 Å². The lowest BCUT2D eigenvalue weighted by Crippen LogP contribution is -2.50. The van der Waals surface area contributed by atoms with Crippen LogP contribution < -0.4 is 5.32 Å². The van der Waals surface area contributed by atoms with Crippen LogP contribution in [0.25, 0.3) is 0 Å². The fourth-order valence-electron chi connectivity index (χ4n) is 1.09. The van der Waals surface area contributed by atoms with E-state index < -0.39 is 11.5 Å². The molecule has 1 heterocycles. The standard InChI is InChI=1S/C10H12INO3S/c1-10(2,9(14)15-3)12-8(13)6-4-7(11)16-5-6/h4-5H,1-3H3,(H,12,13). The van der Waals surface area contributed by atoms with Crippen LogP contribution in [0, 0.1) is 2.88 Å². The molecule has 0 fully saturated rings. The van der Waals surface area contributed by atoms with Crippen molar-refractivity contribution in [3.05, 3.63) is 19.9 Å². The van der Waals surface area contributed by atoms with E-state index in [-0.39, 0.29) is 5.91 Å². The molecule has 0 spiro atoms. The van der Waals surface area contributed by atoms with Gasteiger partial charge in [0.1, 0.15) is 5.54 Å². The molecule has 1 N–H and O–H groups in total. The van der Waals surface area contributed by atoms with Crippen molar-refractivity contribution in [3.63, 3.8) is 0 Å². The minimum Gasteiger partial charge on any atom is -0.467 e. The first-order chi connectivity index (χ1) is 7.36. The molecule has 0 aromatic carbocycles. The van der Waals surface area contributed by atoms with Crippen LogP contribution in [0.2, 0.25) is 0 Å². The topological polar surface area (TPSA) is 55.4 Å². The van der Waals surface area contributed by atoms with Crippen LogP contribution in [0.4, 0.5) is 0 Å². The SMILES string of the molecule is COC(=O)C(C)(C)NC(=O)c1csc(I)c1. The highest BCUT2D eigenvalue weighted by Crippen LogP contribution is 2.17.